The second kappa shape index (κ2) is 6.96. The van der Waals surface area contributed by atoms with Gasteiger partial charge in [-0.1, -0.05) is 0 Å². The van der Waals surface area contributed by atoms with E-state index in [2.05, 4.69) is 4.98 Å². The Kier molecular flexibility index (Phi) is 5.58. The average molecular weight is 250 g/mol. The summed E-state index contributed by atoms with van der Waals surface area (Å²) in [6.07, 6.45) is 1.69. The van der Waals surface area contributed by atoms with Gasteiger partial charge in [0, 0.05) is 31.5 Å². The van der Waals surface area contributed by atoms with Crippen molar-refractivity contribution in [1.82, 2.24) is 14.8 Å². The summed E-state index contributed by atoms with van der Waals surface area (Å²) in [5.41, 5.74) is 7.27. The van der Waals surface area contributed by atoms with Crippen LogP contribution in [0.3, 0.4) is 0 Å². The van der Waals surface area contributed by atoms with Crippen molar-refractivity contribution in [3.05, 3.63) is 24.0 Å². The summed E-state index contributed by atoms with van der Waals surface area (Å²) in [4.78, 5) is 19.9. The van der Waals surface area contributed by atoms with Gasteiger partial charge in [0.15, 0.2) is 0 Å². The van der Waals surface area contributed by atoms with E-state index in [0.717, 1.165) is 18.8 Å². The van der Waals surface area contributed by atoms with Gasteiger partial charge in [0.2, 0.25) is 5.91 Å². The Balaban J connectivity index is 2.51. The van der Waals surface area contributed by atoms with Crippen LogP contribution < -0.4 is 5.73 Å². The SMILES string of the molecule is CCN(CC)C(=O)CN(C)Cc1cc(N)ccn1. The normalized spacial score (nSPS) is 10.7. The van der Waals surface area contributed by atoms with Crippen molar-refractivity contribution < 1.29 is 4.79 Å². The molecule has 1 aromatic heterocycles. The van der Waals surface area contributed by atoms with Gasteiger partial charge >= 0.3 is 0 Å². The molecule has 18 heavy (non-hydrogen) atoms. The van der Waals surface area contributed by atoms with Gasteiger partial charge in [-0.25, -0.2) is 0 Å². The topological polar surface area (TPSA) is 62.5 Å². The van der Waals surface area contributed by atoms with Gasteiger partial charge in [0.05, 0.1) is 12.2 Å². The molecule has 0 saturated carbocycles. The highest BCUT2D eigenvalue weighted by Gasteiger charge is 2.12. The molecule has 1 amide bonds. The van der Waals surface area contributed by atoms with Gasteiger partial charge in [-0.15, -0.1) is 0 Å². The zero-order chi connectivity index (χ0) is 13.5. The number of nitrogens with zero attached hydrogens (tertiary/aromatic N) is 3. The standard InChI is InChI=1S/C13H22N4O/c1-4-17(5-2)13(18)10-16(3)9-12-8-11(14)6-7-15-12/h6-8H,4-5,9-10H2,1-3H3,(H2,14,15). The molecule has 100 valence electrons. The number of anilines is 1. The third-order valence-electron chi connectivity index (χ3n) is 2.79. The summed E-state index contributed by atoms with van der Waals surface area (Å²) >= 11 is 0. The monoisotopic (exact) mass is 250 g/mol. The zero-order valence-corrected chi connectivity index (χ0v) is 11.4. The number of amides is 1. The van der Waals surface area contributed by atoms with Crippen LogP contribution in [0.1, 0.15) is 19.5 Å². The molecule has 5 nitrogen and oxygen atoms in total. The number of aromatic nitrogens is 1. The van der Waals surface area contributed by atoms with E-state index in [-0.39, 0.29) is 5.91 Å². The largest absolute Gasteiger partial charge is 0.399 e. The van der Waals surface area contributed by atoms with Crippen molar-refractivity contribution in [3.63, 3.8) is 0 Å². The Hall–Kier alpha value is -1.62. The minimum Gasteiger partial charge on any atom is -0.399 e. The Morgan fingerprint density at radius 2 is 2.06 bits per heavy atom. The molecule has 0 spiro atoms. The molecule has 0 radical (unpaired) electrons. The minimum atomic E-state index is 0.145. The second-order valence-corrected chi connectivity index (χ2v) is 4.32. The molecule has 0 atom stereocenters. The molecule has 0 saturated heterocycles. The lowest BCUT2D eigenvalue weighted by atomic mass is 10.3. The third kappa shape index (κ3) is 4.33. The predicted octanol–water partition coefficient (Wildman–Crippen LogP) is 0.964. The van der Waals surface area contributed by atoms with Crippen molar-refractivity contribution >= 4 is 11.6 Å². The van der Waals surface area contributed by atoms with Crippen LogP contribution in [-0.2, 0) is 11.3 Å². The number of carbonyl (C=O) groups excluding carboxylic acids is 1. The van der Waals surface area contributed by atoms with Gasteiger partial charge in [0.25, 0.3) is 0 Å². The fourth-order valence-corrected chi connectivity index (χ4v) is 1.82. The average Bonchev–Trinajstić information content (AvgIpc) is 2.30. The summed E-state index contributed by atoms with van der Waals surface area (Å²) in [5, 5.41) is 0. The molecule has 0 unspecified atom stereocenters. The molecule has 1 heterocycles. The summed E-state index contributed by atoms with van der Waals surface area (Å²) < 4.78 is 0. The number of pyridine rings is 1. The van der Waals surface area contributed by atoms with E-state index in [1.807, 2.05) is 36.8 Å². The number of likely N-dealkylation sites (N-methyl/N-ethyl adjacent to an activating group) is 2. The molecule has 1 aromatic rings. The van der Waals surface area contributed by atoms with Crippen LogP contribution in [0.4, 0.5) is 5.69 Å². The van der Waals surface area contributed by atoms with Crippen LogP contribution in [0.5, 0.6) is 0 Å². The fourth-order valence-electron chi connectivity index (χ4n) is 1.82. The number of nitrogen functional groups attached to an aromatic ring is 1. The van der Waals surface area contributed by atoms with Crippen LogP contribution in [0.25, 0.3) is 0 Å². The maximum absolute atomic E-state index is 11.9. The molecular formula is C13H22N4O. The summed E-state index contributed by atoms with van der Waals surface area (Å²) in [6, 6.07) is 3.59. The van der Waals surface area contributed by atoms with E-state index in [0.29, 0.717) is 18.8 Å². The molecule has 0 aliphatic carbocycles. The molecule has 0 aromatic carbocycles. The summed E-state index contributed by atoms with van der Waals surface area (Å²) in [6.45, 7) is 6.50. The number of hydrogen-bond acceptors (Lipinski definition) is 4. The number of carbonyl (C=O) groups is 1. The first kappa shape index (κ1) is 14.4. The highest BCUT2D eigenvalue weighted by atomic mass is 16.2. The maximum Gasteiger partial charge on any atom is 0.236 e. The molecule has 5 heteroatoms. The first-order chi connectivity index (χ1) is 8.56. The Morgan fingerprint density at radius 3 is 2.61 bits per heavy atom. The highest BCUT2D eigenvalue weighted by molar-refractivity contribution is 5.78. The van der Waals surface area contributed by atoms with Gasteiger partial charge in [-0.2, -0.15) is 0 Å². The Morgan fingerprint density at radius 1 is 1.39 bits per heavy atom. The molecule has 0 aliphatic heterocycles. The lowest BCUT2D eigenvalue weighted by Crippen LogP contribution is -2.38. The van der Waals surface area contributed by atoms with E-state index in [4.69, 9.17) is 5.73 Å². The second-order valence-electron chi connectivity index (χ2n) is 4.32. The predicted molar refractivity (Wildman–Crippen MR) is 72.9 cm³/mol. The van der Waals surface area contributed by atoms with Crippen molar-refractivity contribution in [3.8, 4) is 0 Å². The lowest BCUT2D eigenvalue weighted by molar-refractivity contribution is -0.131. The number of rotatable bonds is 6. The molecular weight excluding hydrogens is 228 g/mol. The highest BCUT2D eigenvalue weighted by Crippen LogP contribution is 2.05. The molecule has 0 aliphatic rings. The van der Waals surface area contributed by atoms with Gasteiger partial charge in [0.1, 0.15) is 0 Å². The van der Waals surface area contributed by atoms with E-state index in [1.54, 1.807) is 12.3 Å². The minimum absolute atomic E-state index is 0.145. The quantitative estimate of drug-likeness (QED) is 0.817. The van der Waals surface area contributed by atoms with Crippen molar-refractivity contribution in [2.45, 2.75) is 20.4 Å². The molecule has 0 fully saturated rings. The van der Waals surface area contributed by atoms with E-state index in [9.17, 15) is 4.79 Å². The summed E-state index contributed by atoms with van der Waals surface area (Å²) in [5.74, 6) is 0.145. The van der Waals surface area contributed by atoms with Crippen LogP contribution in [0, 0.1) is 0 Å². The van der Waals surface area contributed by atoms with Crippen LogP contribution >= 0.6 is 0 Å². The molecule has 2 N–H and O–H groups in total. The fraction of sp³-hybridized carbons (Fsp3) is 0.538. The van der Waals surface area contributed by atoms with Crippen LogP contribution in [0.2, 0.25) is 0 Å². The van der Waals surface area contributed by atoms with Crippen molar-refractivity contribution in [2.24, 2.45) is 0 Å². The van der Waals surface area contributed by atoms with Gasteiger partial charge in [-0.05, 0) is 33.0 Å². The third-order valence-corrected chi connectivity index (χ3v) is 2.79. The van der Waals surface area contributed by atoms with Gasteiger partial charge < -0.3 is 10.6 Å². The van der Waals surface area contributed by atoms with E-state index < -0.39 is 0 Å². The van der Waals surface area contributed by atoms with Gasteiger partial charge in [-0.3, -0.25) is 14.7 Å². The molecule has 1 rings (SSSR count). The van der Waals surface area contributed by atoms with Crippen LogP contribution in [0.15, 0.2) is 18.3 Å². The first-order valence-corrected chi connectivity index (χ1v) is 6.23. The number of hydrogen-bond donors (Lipinski definition) is 1. The Labute approximate surface area is 109 Å². The number of nitrogens with two attached hydrogens (primary N) is 1. The van der Waals surface area contributed by atoms with Crippen molar-refractivity contribution in [2.75, 3.05) is 32.4 Å². The van der Waals surface area contributed by atoms with E-state index >= 15 is 0 Å². The van der Waals surface area contributed by atoms with E-state index in [1.165, 1.54) is 0 Å². The maximum atomic E-state index is 11.9. The summed E-state index contributed by atoms with van der Waals surface area (Å²) in [7, 11) is 1.91. The molecule has 0 bridgehead atoms. The first-order valence-electron chi connectivity index (χ1n) is 6.23. The van der Waals surface area contributed by atoms with Crippen LogP contribution in [-0.4, -0.2) is 47.4 Å². The smallest absolute Gasteiger partial charge is 0.236 e. The Bertz CT molecular complexity index is 390. The van der Waals surface area contributed by atoms with Crippen molar-refractivity contribution in [1.29, 1.82) is 0 Å². The lowest BCUT2D eigenvalue weighted by Gasteiger charge is -2.22. The zero-order valence-electron chi connectivity index (χ0n) is 11.4.